The minimum atomic E-state index is -0.211. The van der Waals surface area contributed by atoms with Gasteiger partial charge in [0.05, 0.1) is 4.99 Å². The third-order valence-corrected chi connectivity index (χ3v) is 4.12. The summed E-state index contributed by atoms with van der Waals surface area (Å²) in [4.78, 5) is 5.17. The van der Waals surface area contributed by atoms with Gasteiger partial charge in [0.25, 0.3) is 0 Å². The molecule has 104 valence electrons. The van der Waals surface area contributed by atoms with Crippen molar-refractivity contribution in [3.8, 4) is 0 Å². The molecule has 2 N–H and O–H groups in total. The van der Waals surface area contributed by atoms with Crippen LogP contribution < -0.4 is 5.73 Å². The Bertz CT molecular complexity index is 461. The van der Waals surface area contributed by atoms with Crippen LogP contribution in [0.1, 0.15) is 5.56 Å². The standard InChI is InChI=1S/C13H17BrFN3S/c14-12-7-11(15)2-1-10(12)8-17-3-5-18(6-4-17)9-13(16)19/h1-2,7H,3-6,8-9H2,(H2,16,19). The van der Waals surface area contributed by atoms with Gasteiger partial charge in [-0.25, -0.2) is 4.39 Å². The van der Waals surface area contributed by atoms with Gasteiger partial charge in [-0.3, -0.25) is 9.80 Å². The molecule has 3 nitrogen and oxygen atoms in total. The van der Waals surface area contributed by atoms with Gasteiger partial charge in [-0.1, -0.05) is 34.2 Å². The number of hydrogen-bond donors (Lipinski definition) is 1. The Morgan fingerprint density at radius 2 is 1.89 bits per heavy atom. The van der Waals surface area contributed by atoms with E-state index in [4.69, 9.17) is 18.0 Å². The van der Waals surface area contributed by atoms with E-state index in [2.05, 4.69) is 25.7 Å². The quantitative estimate of drug-likeness (QED) is 0.846. The minimum Gasteiger partial charge on any atom is -0.392 e. The summed E-state index contributed by atoms with van der Waals surface area (Å²) in [7, 11) is 0. The van der Waals surface area contributed by atoms with Gasteiger partial charge in [0.1, 0.15) is 5.82 Å². The molecule has 0 amide bonds. The molecule has 0 radical (unpaired) electrons. The Morgan fingerprint density at radius 1 is 1.26 bits per heavy atom. The first-order valence-corrected chi connectivity index (χ1v) is 7.41. The van der Waals surface area contributed by atoms with Crippen LogP contribution in [0.5, 0.6) is 0 Å². The topological polar surface area (TPSA) is 32.5 Å². The summed E-state index contributed by atoms with van der Waals surface area (Å²) >= 11 is 8.33. The summed E-state index contributed by atoms with van der Waals surface area (Å²) in [6.07, 6.45) is 0. The lowest BCUT2D eigenvalue weighted by Gasteiger charge is -2.34. The van der Waals surface area contributed by atoms with Crippen molar-refractivity contribution < 1.29 is 4.39 Å². The number of benzene rings is 1. The summed E-state index contributed by atoms with van der Waals surface area (Å²) in [6.45, 7) is 5.43. The van der Waals surface area contributed by atoms with Crippen LogP contribution in [0, 0.1) is 5.82 Å². The van der Waals surface area contributed by atoms with Gasteiger partial charge in [0.2, 0.25) is 0 Å². The molecule has 1 fully saturated rings. The van der Waals surface area contributed by atoms with Gasteiger partial charge in [-0.15, -0.1) is 0 Å². The highest BCUT2D eigenvalue weighted by Gasteiger charge is 2.17. The molecule has 1 aromatic rings. The maximum atomic E-state index is 13.0. The van der Waals surface area contributed by atoms with Crippen molar-refractivity contribution >= 4 is 33.1 Å². The molecule has 1 saturated heterocycles. The van der Waals surface area contributed by atoms with Gasteiger partial charge in [0, 0.05) is 43.7 Å². The van der Waals surface area contributed by atoms with Crippen LogP contribution in [0.3, 0.4) is 0 Å². The van der Waals surface area contributed by atoms with E-state index < -0.39 is 0 Å². The summed E-state index contributed by atoms with van der Waals surface area (Å²) in [5, 5.41) is 0. The van der Waals surface area contributed by atoms with Crippen LogP contribution in [0.25, 0.3) is 0 Å². The number of piperazine rings is 1. The SMILES string of the molecule is NC(=S)CN1CCN(Cc2ccc(F)cc2Br)CC1. The summed E-state index contributed by atoms with van der Waals surface area (Å²) in [6, 6.07) is 4.85. The average Bonchev–Trinajstić information content (AvgIpc) is 2.34. The van der Waals surface area contributed by atoms with E-state index in [1.165, 1.54) is 12.1 Å². The molecule has 1 heterocycles. The Labute approximate surface area is 126 Å². The fraction of sp³-hybridized carbons (Fsp3) is 0.462. The molecule has 0 unspecified atom stereocenters. The number of halogens is 2. The number of hydrogen-bond acceptors (Lipinski definition) is 3. The first-order valence-electron chi connectivity index (χ1n) is 6.21. The van der Waals surface area contributed by atoms with Crippen molar-refractivity contribution in [3.63, 3.8) is 0 Å². The Balaban J connectivity index is 1.87. The Morgan fingerprint density at radius 3 is 2.47 bits per heavy atom. The molecule has 0 saturated carbocycles. The third-order valence-electron chi connectivity index (χ3n) is 3.25. The van der Waals surface area contributed by atoms with Crippen LogP contribution in [0.15, 0.2) is 22.7 Å². The molecule has 19 heavy (non-hydrogen) atoms. The molecule has 0 aliphatic carbocycles. The molecule has 1 aliphatic rings. The maximum Gasteiger partial charge on any atom is 0.124 e. The number of nitrogens with zero attached hydrogens (tertiary/aromatic N) is 2. The van der Waals surface area contributed by atoms with Crippen molar-refractivity contribution in [3.05, 3.63) is 34.1 Å². The third kappa shape index (κ3) is 4.49. The van der Waals surface area contributed by atoms with E-state index in [0.717, 1.165) is 42.8 Å². The molecule has 0 spiro atoms. The summed E-state index contributed by atoms with van der Waals surface area (Å²) in [5.41, 5.74) is 6.66. The second-order valence-corrected chi connectivity index (χ2v) is 6.13. The van der Waals surface area contributed by atoms with E-state index in [9.17, 15) is 4.39 Å². The summed E-state index contributed by atoms with van der Waals surface area (Å²) in [5.74, 6) is -0.211. The number of rotatable bonds is 4. The zero-order valence-corrected chi connectivity index (χ0v) is 13.0. The summed E-state index contributed by atoms with van der Waals surface area (Å²) < 4.78 is 13.9. The second-order valence-electron chi connectivity index (χ2n) is 4.75. The van der Waals surface area contributed by atoms with Crippen molar-refractivity contribution in [2.45, 2.75) is 6.54 Å². The van der Waals surface area contributed by atoms with Crippen LogP contribution in [0.4, 0.5) is 4.39 Å². The van der Waals surface area contributed by atoms with Crippen molar-refractivity contribution in [1.29, 1.82) is 0 Å². The van der Waals surface area contributed by atoms with Crippen LogP contribution >= 0.6 is 28.1 Å². The lowest BCUT2D eigenvalue weighted by Crippen LogP contribution is -2.48. The predicted octanol–water partition coefficient (Wildman–Crippen LogP) is 1.99. The van der Waals surface area contributed by atoms with E-state index in [1.807, 2.05) is 6.07 Å². The predicted molar refractivity (Wildman–Crippen MR) is 82.6 cm³/mol. The van der Waals surface area contributed by atoms with Gasteiger partial charge >= 0.3 is 0 Å². The molecule has 0 aromatic heterocycles. The zero-order chi connectivity index (χ0) is 13.8. The lowest BCUT2D eigenvalue weighted by molar-refractivity contribution is 0.140. The molecule has 1 aliphatic heterocycles. The number of thiocarbonyl (C=S) groups is 1. The molecule has 0 atom stereocenters. The highest BCUT2D eigenvalue weighted by molar-refractivity contribution is 9.10. The van der Waals surface area contributed by atoms with Crippen LogP contribution in [-0.2, 0) is 6.54 Å². The van der Waals surface area contributed by atoms with Gasteiger partial charge in [0.15, 0.2) is 0 Å². The Kier molecular flexibility index (Phi) is 5.27. The van der Waals surface area contributed by atoms with E-state index >= 15 is 0 Å². The highest BCUT2D eigenvalue weighted by Crippen LogP contribution is 2.20. The van der Waals surface area contributed by atoms with Gasteiger partial charge < -0.3 is 5.73 Å². The average molecular weight is 346 g/mol. The van der Waals surface area contributed by atoms with E-state index in [0.29, 0.717) is 11.5 Å². The fourth-order valence-electron chi connectivity index (χ4n) is 2.22. The molecule has 2 rings (SSSR count). The highest BCUT2D eigenvalue weighted by atomic mass is 79.9. The van der Waals surface area contributed by atoms with Crippen molar-refractivity contribution in [1.82, 2.24) is 9.80 Å². The first-order chi connectivity index (χ1) is 9.04. The zero-order valence-electron chi connectivity index (χ0n) is 10.6. The van der Waals surface area contributed by atoms with Crippen LogP contribution in [-0.4, -0.2) is 47.5 Å². The fourth-order valence-corrected chi connectivity index (χ4v) is 2.88. The molecule has 1 aromatic carbocycles. The second kappa shape index (κ2) is 6.74. The van der Waals surface area contributed by atoms with E-state index in [-0.39, 0.29) is 5.82 Å². The smallest absolute Gasteiger partial charge is 0.124 e. The first kappa shape index (κ1) is 14.8. The van der Waals surface area contributed by atoms with Gasteiger partial charge in [-0.05, 0) is 17.7 Å². The Hall–Kier alpha value is -0.560. The maximum absolute atomic E-state index is 13.0. The lowest BCUT2D eigenvalue weighted by atomic mass is 10.2. The molecular weight excluding hydrogens is 329 g/mol. The largest absolute Gasteiger partial charge is 0.392 e. The molecule has 0 bridgehead atoms. The van der Waals surface area contributed by atoms with Crippen LogP contribution in [0.2, 0.25) is 0 Å². The van der Waals surface area contributed by atoms with Crippen molar-refractivity contribution in [2.24, 2.45) is 5.73 Å². The molecular formula is C13H17BrFN3S. The van der Waals surface area contributed by atoms with Gasteiger partial charge in [-0.2, -0.15) is 0 Å². The monoisotopic (exact) mass is 345 g/mol. The van der Waals surface area contributed by atoms with Crippen molar-refractivity contribution in [2.75, 3.05) is 32.7 Å². The number of nitrogens with two attached hydrogens (primary N) is 1. The molecule has 6 heteroatoms. The normalized spacial score (nSPS) is 17.6. The minimum absolute atomic E-state index is 0.211. The van der Waals surface area contributed by atoms with E-state index in [1.54, 1.807) is 0 Å².